The molecule has 3 heteroatoms. The number of rotatable bonds is 4. The van der Waals surface area contributed by atoms with Crippen LogP contribution in [-0.2, 0) is 5.11 Å². The van der Waals surface area contributed by atoms with Gasteiger partial charge in [-0.1, -0.05) is 43.3 Å². The van der Waals surface area contributed by atoms with Gasteiger partial charge in [-0.05, 0) is 37.6 Å². The minimum absolute atomic E-state index is 0.0694. The summed E-state index contributed by atoms with van der Waals surface area (Å²) in [5, 5.41) is 9.30. The first-order valence-corrected chi connectivity index (χ1v) is 7.13. The third-order valence-electron chi connectivity index (χ3n) is 2.24. The number of methoxy groups -OCH3 is 1. The molecule has 0 saturated carbocycles. The van der Waals surface area contributed by atoms with Crippen molar-refractivity contribution in [2.45, 2.75) is 20.3 Å². The summed E-state index contributed by atoms with van der Waals surface area (Å²) in [7, 11) is 1.66. The Hall–Kier alpha value is -2.00. The van der Waals surface area contributed by atoms with Gasteiger partial charge in [-0.2, -0.15) is 0 Å². The minimum atomic E-state index is 0.0694. The molecule has 0 aliphatic carbocycles. The minimum Gasteiger partial charge on any atom is -0.497 e. The number of benzene rings is 2. The molecule has 0 aliphatic rings. The normalized spacial score (nSPS) is 8.57. The Morgan fingerprint density at radius 1 is 0.810 bits per heavy atom. The van der Waals surface area contributed by atoms with Crippen LogP contribution < -0.4 is 9.47 Å². The van der Waals surface area contributed by atoms with E-state index in [0.29, 0.717) is 0 Å². The van der Waals surface area contributed by atoms with Crippen molar-refractivity contribution in [3.05, 3.63) is 60.7 Å². The van der Waals surface area contributed by atoms with Crippen molar-refractivity contribution >= 4 is 0 Å². The summed E-state index contributed by atoms with van der Waals surface area (Å²) in [5.41, 5.74) is 0. The monoisotopic (exact) mass is 289 g/mol. The van der Waals surface area contributed by atoms with Crippen molar-refractivity contribution in [3.8, 4) is 11.5 Å². The third-order valence-corrected chi connectivity index (χ3v) is 2.24. The summed E-state index contributed by atoms with van der Waals surface area (Å²) < 4.78 is 10.1. The van der Waals surface area contributed by atoms with Crippen molar-refractivity contribution in [1.82, 2.24) is 0 Å². The smallest absolute Gasteiger partial charge is 0.119 e. The molecule has 0 aromatic heterocycles. The topological polar surface area (TPSA) is 38.4 Å². The highest BCUT2D eigenvalue weighted by molar-refractivity contribution is 5.21. The van der Waals surface area contributed by atoms with Gasteiger partial charge in [0.25, 0.3) is 0 Å². The average Bonchev–Trinajstić information content (AvgIpc) is 2.58. The summed E-state index contributed by atoms with van der Waals surface area (Å²) in [6.07, 6.45) is 0.764. The Labute approximate surface area is 128 Å². The molecule has 0 aliphatic heterocycles. The van der Waals surface area contributed by atoms with E-state index in [1.807, 2.05) is 74.5 Å². The SMILES string of the molecule is CCC[O].CCOc1ccccc1.COc1ccccc1. The molecule has 0 unspecified atom stereocenters. The molecule has 0 spiro atoms. The fourth-order valence-electron chi connectivity index (χ4n) is 1.24. The maximum Gasteiger partial charge on any atom is 0.119 e. The highest BCUT2D eigenvalue weighted by Crippen LogP contribution is 2.07. The standard InChI is InChI=1S/C8H10O.C7H8O.C3H7O/c1-2-9-8-6-4-3-5-7-8;1-8-7-5-3-2-4-6-7;1-2-3-4/h3-7H,2H2,1H3;2-6H,1H3;2-3H2,1H3. The zero-order valence-electron chi connectivity index (χ0n) is 13.1. The van der Waals surface area contributed by atoms with Crippen LogP contribution in [0.4, 0.5) is 0 Å². The van der Waals surface area contributed by atoms with E-state index in [0.717, 1.165) is 24.5 Å². The molecular weight excluding hydrogens is 264 g/mol. The van der Waals surface area contributed by atoms with Crippen LogP contribution in [0.2, 0.25) is 0 Å². The molecule has 0 fully saturated rings. The molecule has 21 heavy (non-hydrogen) atoms. The quantitative estimate of drug-likeness (QED) is 0.824. The molecule has 2 aromatic carbocycles. The first-order chi connectivity index (χ1) is 10.3. The van der Waals surface area contributed by atoms with Gasteiger partial charge in [-0.25, -0.2) is 5.11 Å². The second-order valence-corrected chi connectivity index (χ2v) is 3.97. The number of hydrogen-bond donors (Lipinski definition) is 0. The van der Waals surface area contributed by atoms with E-state index in [4.69, 9.17) is 9.47 Å². The molecule has 1 radical (unpaired) electrons. The van der Waals surface area contributed by atoms with E-state index in [1.165, 1.54) is 0 Å². The predicted octanol–water partition coefficient (Wildman–Crippen LogP) is 4.61. The summed E-state index contributed by atoms with van der Waals surface area (Å²) in [6.45, 7) is 4.66. The van der Waals surface area contributed by atoms with Crippen LogP contribution in [0.5, 0.6) is 11.5 Å². The van der Waals surface area contributed by atoms with Crippen LogP contribution in [0.15, 0.2) is 60.7 Å². The molecular formula is C18H25O3. The van der Waals surface area contributed by atoms with E-state index >= 15 is 0 Å². The van der Waals surface area contributed by atoms with Gasteiger partial charge < -0.3 is 9.47 Å². The van der Waals surface area contributed by atoms with Crippen molar-refractivity contribution in [2.75, 3.05) is 20.3 Å². The second-order valence-electron chi connectivity index (χ2n) is 3.97. The van der Waals surface area contributed by atoms with Crippen molar-refractivity contribution in [3.63, 3.8) is 0 Å². The summed E-state index contributed by atoms with van der Waals surface area (Å²) in [4.78, 5) is 0. The number of hydrogen-bond acceptors (Lipinski definition) is 2. The number of para-hydroxylation sites is 2. The van der Waals surface area contributed by atoms with Crippen LogP contribution in [0.3, 0.4) is 0 Å². The summed E-state index contributed by atoms with van der Waals surface area (Å²) in [5.74, 6) is 1.85. The van der Waals surface area contributed by atoms with Gasteiger partial charge >= 0.3 is 0 Å². The molecule has 0 N–H and O–H groups in total. The molecule has 0 bridgehead atoms. The molecule has 0 saturated heterocycles. The fourth-order valence-corrected chi connectivity index (χ4v) is 1.24. The Kier molecular flexibility index (Phi) is 13.0. The molecule has 2 aromatic rings. The summed E-state index contributed by atoms with van der Waals surface area (Å²) >= 11 is 0. The Balaban J connectivity index is 0.000000308. The predicted molar refractivity (Wildman–Crippen MR) is 86.4 cm³/mol. The van der Waals surface area contributed by atoms with Gasteiger partial charge in [0.15, 0.2) is 0 Å². The maximum absolute atomic E-state index is 9.30. The molecule has 0 heterocycles. The Morgan fingerprint density at radius 3 is 1.52 bits per heavy atom. The van der Waals surface area contributed by atoms with Crippen LogP contribution in [0.25, 0.3) is 0 Å². The second kappa shape index (κ2) is 14.4. The molecule has 3 nitrogen and oxygen atoms in total. The molecule has 115 valence electrons. The van der Waals surface area contributed by atoms with Crippen LogP contribution in [0.1, 0.15) is 20.3 Å². The van der Waals surface area contributed by atoms with Gasteiger partial charge in [0.1, 0.15) is 11.5 Å². The summed E-state index contributed by atoms with van der Waals surface area (Å²) in [6, 6.07) is 19.5. The van der Waals surface area contributed by atoms with Crippen molar-refractivity contribution < 1.29 is 14.6 Å². The fraction of sp³-hybridized carbons (Fsp3) is 0.333. The lowest BCUT2D eigenvalue weighted by atomic mass is 10.3. The first kappa shape index (κ1) is 19.0. The van der Waals surface area contributed by atoms with Gasteiger partial charge in [-0.3, -0.25) is 0 Å². The van der Waals surface area contributed by atoms with Gasteiger partial charge in [0.05, 0.1) is 20.3 Å². The molecule has 0 atom stereocenters. The first-order valence-electron chi connectivity index (χ1n) is 7.13. The van der Waals surface area contributed by atoms with E-state index in [2.05, 4.69) is 0 Å². The molecule has 0 amide bonds. The van der Waals surface area contributed by atoms with Crippen LogP contribution >= 0.6 is 0 Å². The zero-order valence-corrected chi connectivity index (χ0v) is 13.1. The highest BCUT2D eigenvalue weighted by atomic mass is 16.5. The largest absolute Gasteiger partial charge is 0.497 e. The van der Waals surface area contributed by atoms with Gasteiger partial charge in [0.2, 0.25) is 0 Å². The third kappa shape index (κ3) is 11.5. The lowest BCUT2D eigenvalue weighted by Crippen LogP contribution is -1.89. The van der Waals surface area contributed by atoms with Crippen LogP contribution in [0, 0.1) is 0 Å². The van der Waals surface area contributed by atoms with Crippen LogP contribution in [-0.4, -0.2) is 20.3 Å². The van der Waals surface area contributed by atoms with Gasteiger partial charge in [-0.15, -0.1) is 0 Å². The molecule has 2 rings (SSSR count). The maximum atomic E-state index is 9.30. The van der Waals surface area contributed by atoms with E-state index in [-0.39, 0.29) is 6.61 Å². The van der Waals surface area contributed by atoms with E-state index < -0.39 is 0 Å². The Bertz CT molecular complexity index is 413. The lowest BCUT2D eigenvalue weighted by Gasteiger charge is -1.99. The van der Waals surface area contributed by atoms with E-state index in [1.54, 1.807) is 7.11 Å². The highest BCUT2D eigenvalue weighted by Gasteiger charge is 1.83. The van der Waals surface area contributed by atoms with Crippen molar-refractivity contribution in [2.24, 2.45) is 0 Å². The van der Waals surface area contributed by atoms with Crippen molar-refractivity contribution in [1.29, 1.82) is 0 Å². The van der Waals surface area contributed by atoms with Gasteiger partial charge in [0, 0.05) is 0 Å². The average molecular weight is 289 g/mol. The lowest BCUT2D eigenvalue weighted by molar-refractivity contribution is 0.193. The van der Waals surface area contributed by atoms with E-state index in [9.17, 15) is 5.11 Å². The number of ether oxygens (including phenoxy) is 2. The Morgan fingerprint density at radius 2 is 1.24 bits per heavy atom. The zero-order chi connectivity index (χ0) is 15.8.